The summed E-state index contributed by atoms with van der Waals surface area (Å²) in [6, 6.07) is 0. The average Bonchev–Trinajstić information content (AvgIpc) is 2.39. The molecule has 1 saturated carbocycles. The van der Waals surface area contributed by atoms with Crippen molar-refractivity contribution in [3.8, 4) is 0 Å². The molecule has 2 rings (SSSR count). The fraction of sp³-hybridized carbons (Fsp3) is 0.929. The minimum absolute atomic E-state index is 0.0938. The topological polar surface area (TPSA) is 72.5 Å². The van der Waals surface area contributed by atoms with Crippen LogP contribution in [0.25, 0.3) is 0 Å². The van der Waals surface area contributed by atoms with E-state index in [4.69, 9.17) is 4.74 Å². The SMILES string of the molecule is O=C(CC1CCCCC1)NS(=O)(=O)C[C@@H]1CCCCO1. The van der Waals surface area contributed by atoms with Gasteiger partial charge in [0.05, 0.1) is 11.9 Å². The number of carbonyl (C=O) groups is 1. The number of amides is 1. The van der Waals surface area contributed by atoms with E-state index in [1.807, 2.05) is 0 Å². The zero-order valence-electron chi connectivity index (χ0n) is 12.0. The van der Waals surface area contributed by atoms with Crippen LogP contribution in [0.5, 0.6) is 0 Å². The molecule has 1 aliphatic heterocycles. The lowest BCUT2D eigenvalue weighted by atomic mass is 9.87. The Kier molecular flexibility index (Phi) is 5.84. The Morgan fingerprint density at radius 3 is 2.40 bits per heavy atom. The molecule has 5 nitrogen and oxygen atoms in total. The third-order valence-corrected chi connectivity index (χ3v) is 5.50. The first-order valence-electron chi connectivity index (χ1n) is 7.70. The highest BCUT2D eigenvalue weighted by Gasteiger charge is 2.25. The molecule has 1 atom stereocenters. The van der Waals surface area contributed by atoms with Crippen molar-refractivity contribution in [2.45, 2.75) is 63.9 Å². The Morgan fingerprint density at radius 1 is 1.05 bits per heavy atom. The molecule has 2 fully saturated rings. The fourth-order valence-corrected chi connectivity index (χ4v) is 4.36. The number of rotatable bonds is 5. The van der Waals surface area contributed by atoms with Crippen LogP contribution in [-0.2, 0) is 19.6 Å². The van der Waals surface area contributed by atoms with Gasteiger partial charge in [0.15, 0.2) is 0 Å². The number of hydrogen-bond acceptors (Lipinski definition) is 4. The fourth-order valence-electron chi connectivity index (χ4n) is 3.09. The van der Waals surface area contributed by atoms with Crippen molar-refractivity contribution in [3.05, 3.63) is 0 Å². The molecule has 0 aromatic rings. The molecular formula is C14H25NO4S. The van der Waals surface area contributed by atoms with Crippen LogP contribution < -0.4 is 4.72 Å². The van der Waals surface area contributed by atoms with Gasteiger partial charge in [-0.25, -0.2) is 8.42 Å². The number of ether oxygens (including phenoxy) is 1. The van der Waals surface area contributed by atoms with Crippen molar-refractivity contribution >= 4 is 15.9 Å². The summed E-state index contributed by atoms with van der Waals surface area (Å²) < 4.78 is 31.5. The van der Waals surface area contributed by atoms with Gasteiger partial charge in [0.25, 0.3) is 0 Å². The Hall–Kier alpha value is -0.620. The zero-order chi connectivity index (χ0) is 14.4. The van der Waals surface area contributed by atoms with Gasteiger partial charge in [-0.1, -0.05) is 19.3 Å². The molecule has 1 heterocycles. The molecule has 0 spiro atoms. The van der Waals surface area contributed by atoms with E-state index in [1.54, 1.807) is 0 Å². The van der Waals surface area contributed by atoms with Gasteiger partial charge in [-0.05, 0) is 38.0 Å². The Morgan fingerprint density at radius 2 is 1.75 bits per heavy atom. The zero-order valence-corrected chi connectivity index (χ0v) is 12.8. The summed E-state index contributed by atoms with van der Waals surface area (Å²) in [5.41, 5.74) is 0. The first-order chi connectivity index (χ1) is 9.55. The van der Waals surface area contributed by atoms with Crippen molar-refractivity contribution in [2.24, 2.45) is 5.92 Å². The Labute approximate surface area is 121 Å². The van der Waals surface area contributed by atoms with Gasteiger partial charge in [-0.15, -0.1) is 0 Å². The monoisotopic (exact) mass is 303 g/mol. The third-order valence-electron chi connectivity index (χ3n) is 4.15. The first-order valence-corrected chi connectivity index (χ1v) is 9.35. The van der Waals surface area contributed by atoms with Crippen molar-refractivity contribution in [1.29, 1.82) is 0 Å². The maximum atomic E-state index is 11.9. The van der Waals surface area contributed by atoms with Crippen LogP contribution >= 0.6 is 0 Å². The summed E-state index contributed by atoms with van der Waals surface area (Å²) in [4.78, 5) is 11.8. The van der Waals surface area contributed by atoms with E-state index < -0.39 is 10.0 Å². The summed E-state index contributed by atoms with van der Waals surface area (Å²) in [7, 11) is -3.56. The summed E-state index contributed by atoms with van der Waals surface area (Å²) in [5.74, 6) is -0.0961. The smallest absolute Gasteiger partial charge is 0.237 e. The second-order valence-electron chi connectivity index (χ2n) is 6.00. The predicted octanol–water partition coefficient (Wildman–Crippen LogP) is 1.97. The molecule has 1 amide bonds. The lowest BCUT2D eigenvalue weighted by molar-refractivity contribution is -0.120. The van der Waals surface area contributed by atoms with Crippen molar-refractivity contribution < 1.29 is 17.9 Å². The van der Waals surface area contributed by atoms with Crippen molar-refractivity contribution in [1.82, 2.24) is 4.72 Å². The molecule has 116 valence electrons. The van der Waals surface area contributed by atoms with Crippen LogP contribution in [0.2, 0.25) is 0 Å². The van der Waals surface area contributed by atoms with Gasteiger partial charge in [0.2, 0.25) is 15.9 Å². The van der Waals surface area contributed by atoms with Gasteiger partial charge in [0.1, 0.15) is 0 Å². The number of carbonyl (C=O) groups excluding carboxylic acids is 1. The molecule has 6 heteroatoms. The standard InChI is InChI=1S/C14H25NO4S/c16-14(10-12-6-2-1-3-7-12)15-20(17,18)11-13-8-4-5-9-19-13/h12-13H,1-11H2,(H,15,16)/t13-/m0/s1. The largest absolute Gasteiger partial charge is 0.377 e. The Bertz CT molecular complexity index is 409. The van der Waals surface area contributed by atoms with Crippen molar-refractivity contribution in [3.63, 3.8) is 0 Å². The molecule has 1 saturated heterocycles. The molecule has 0 aromatic heterocycles. The van der Waals surface area contributed by atoms with Gasteiger partial charge in [0, 0.05) is 13.0 Å². The molecule has 0 unspecified atom stereocenters. The van der Waals surface area contributed by atoms with Crippen LogP contribution in [0.15, 0.2) is 0 Å². The molecule has 0 radical (unpaired) electrons. The number of nitrogens with one attached hydrogen (secondary N) is 1. The quantitative estimate of drug-likeness (QED) is 0.843. The lowest BCUT2D eigenvalue weighted by Gasteiger charge is -2.23. The van der Waals surface area contributed by atoms with Gasteiger partial charge in [-0.3, -0.25) is 9.52 Å². The lowest BCUT2D eigenvalue weighted by Crippen LogP contribution is -2.38. The summed E-state index contributed by atoms with van der Waals surface area (Å²) in [6.07, 6.45) is 8.45. The highest BCUT2D eigenvalue weighted by molar-refractivity contribution is 7.90. The molecule has 2 aliphatic rings. The van der Waals surface area contributed by atoms with Crippen LogP contribution in [-0.4, -0.2) is 32.8 Å². The summed E-state index contributed by atoms with van der Waals surface area (Å²) in [6.45, 7) is 0.621. The molecule has 0 aromatic carbocycles. The van der Waals surface area contributed by atoms with E-state index in [2.05, 4.69) is 4.72 Å². The number of sulfonamides is 1. The molecule has 20 heavy (non-hydrogen) atoms. The van der Waals surface area contributed by atoms with Gasteiger partial charge < -0.3 is 4.74 Å². The van der Waals surface area contributed by atoms with E-state index in [-0.39, 0.29) is 17.8 Å². The van der Waals surface area contributed by atoms with Crippen molar-refractivity contribution in [2.75, 3.05) is 12.4 Å². The normalized spacial score (nSPS) is 25.3. The maximum absolute atomic E-state index is 11.9. The number of hydrogen-bond donors (Lipinski definition) is 1. The van der Waals surface area contributed by atoms with Crippen LogP contribution in [0.1, 0.15) is 57.8 Å². The minimum atomic E-state index is -3.56. The predicted molar refractivity (Wildman–Crippen MR) is 76.7 cm³/mol. The molecule has 0 bridgehead atoms. The molecule has 1 N–H and O–H groups in total. The summed E-state index contributed by atoms with van der Waals surface area (Å²) in [5, 5.41) is 0. The second-order valence-corrected chi connectivity index (χ2v) is 7.77. The maximum Gasteiger partial charge on any atom is 0.237 e. The second kappa shape index (κ2) is 7.41. The average molecular weight is 303 g/mol. The third kappa shape index (κ3) is 5.40. The van der Waals surface area contributed by atoms with E-state index in [1.165, 1.54) is 6.42 Å². The van der Waals surface area contributed by atoms with Gasteiger partial charge >= 0.3 is 0 Å². The van der Waals surface area contributed by atoms with E-state index in [0.29, 0.717) is 18.9 Å². The molecular weight excluding hydrogens is 278 g/mol. The minimum Gasteiger partial charge on any atom is -0.377 e. The molecule has 1 aliphatic carbocycles. The summed E-state index contributed by atoms with van der Waals surface area (Å²) >= 11 is 0. The highest BCUT2D eigenvalue weighted by Crippen LogP contribution is 2.26. The Balaban J connectivity index is 1.76. The van der Waals surface area contributed by atoms with E-state index in [9.17, 15) is 13.2 Å². The first kappa shape index (κ1) is 15.8. The van der Waals surface area contributed by atoms with Gasteiger partial charge in [-0.2, -0.15) is 0 Å². The van der Waals surface area contributed by atoms with Crippen LogP contribution in [0.4, 0.5) is 0 Å². The highest BCUT2D eigenvalue weighted by atomic mass is 32.2. The van der Waals surface area contributed by atoms with Crippen LogP contribution in [0, 0.1) is 5.92 Å². The van der Waals surface area contributed by atoms with Crippen LogP contribution in [0.3, 0.4) is 0 Å². The van der Waals surface area contributed by atoms with E-state index in [0.717, 1.165) is 44.9 Å². The van der Waals surface area contributed by atoms with E-state index >= 15 is 0 Å².